The summed E-state index contributed by atoms with van der Waals surface area (Å²) in [6, 6.07) is 3.76. The first-order chi connectivity index (χ1) is 8.62. The number of benzene rings is 1. The molecule has 0 saturated heterocycles. The minimum atomic E-state index is -0.297. The van der Waals surface area contributed by atoms with Gasteiger partial charge in [-0.2, -0.15) is 0 Å². The van der Waals surface area contributed by atoms with Gasteiger partial charge in [-0.15, -0.1) is 0 Å². The molecule has 0 heterocycles. The number of hydrogen-bond donors (Lipinski definition) is 1. The van der Waals surface area contributed by atoms with Crippen LogP contribution in [0.5, 0.6) is 11.5 Å². The fourth-order valence-electron chi connectivity index (χ4n) is 1.45. The van der Waals surface area contributed by atoms with Crippen LogP contribution in [0.4, 0.5) is 0 Å². The van der Waals surface area contributed by atoms with E-state index in [1.165, 1.54) is 7.11 Å². The summed E-state index contributed by atoms with van der Waals surface area (Å²) in [6.07, 6.45) is 0. The van der Waals surface area contributed by atoms with Crippen LogP contribution in [-0.4, -0.2) is 33.8 Å². The average molecular weight is 318 g/mol. The van der Waals surface area contributed by atoms with E-state index >= 15 is 0 Å². The van der Waals surface area contributed by atoms with Crippen molar-refractivity contribution in [2.45, 2.75) is 6.54 Å². The van der Waals surface area contributed by atoms with Gasteiger partial charge in [0, 0.05) is 6.54 Å². The van der Waals surface area contributed by atoms with Crippen LogP contribution in [0, 0.1) is 0 Å². The van der Waals surface area contributed by atoms with E-state index in [0.717, 1.165) is 10.0 Å². The second kappa shape index (κ2) is 7.23. The molecule has 0 bridgehead atoms. The maximum Gasteiger partial charge on any atom is 0.319 e. The number of ether oxygens (including phenoxy) is 3. The van der Waals surface area contributed by atoms with Crippen LogP contribution in [0.2, 0.25) is 0 Å². The van der Waals surface area contributed by atoms with Crippen LogP contribution in [0.15, 0.2) is 16.6 Å². The SMILES string of the molecule is COC(=O)CNCc1cc(Br)c(OC)c(OC)c1. The fraction of sp³-hybridized carbons (Fsp3) is 0.417. The third-order valence-corrected chi connectivity index (χ3v) is 2.91. The van der Waals surface area contributed by atoms with Crippen LogP contribution >= 0.6 is 15.9 Å². The number of esters is 1. The zero-order chi connectivity index (χ0) is 13.5. The van der Waals surface area contributed by atoms with Crippen molar-refractivity contribution in [3.8, 4) is 11.5 Å². The summed E-state index contributed by atoms with van der Waals surface area (Å²) < 4.78 is 15.8. The van der Waals surface area contributed by atoms with Crippen molar-refractivity contribution in [1.82, 2.24) is 5.32 Å². The highest BCUT2D eigenvalue weighted by Crippen LogP contribution is 2.36. The molecule has 0 radical (unpaired) electrons. The summed E-state index contributed by atoms with van der Waals surface area (Å²) in [5.74, 6) is 0.991. The lowest BCUT2D eigenvalue weighted by molar-refractivity contribution is -0.139. The van der Waals surface area contributed by atoms with Gasteiger partial charge in [0.15, 0.2) is 11.5 Å². The Hall–Kier alpha value is -1.27. The van der Waals surface area contributed by atoms with Gasteiger partial charge in [0.2, 0.25) is 0 Å². The van der Waals surface area contributed by atoms with E-state index in [1.54, 1.807) is 14.2 Å². The van der Waals surface area contributed by atoms with E-state index in [4.69, 9.17) is 9.47 Å². The first-order valence-electron chi connectivity index (χ1n) is 5.30. The van der Waals surface area contributed by atoms with Crippen molar-refractivity contribution in [3.63, 3.8) is 0 Å². The lowest BCUT2D eigenvalue weighted by atomic mass is 10.2. The quantitative estimate of drug-likeness (QED) is 0.810. The molecule has 0 fully saturated rings. The molecule has 0 saturated carbocycles. The summed E-state index contributed by atoms with van der Waals surface area (Å²) in [7, 11) is 4.52. The molecule has 0 aliphatic rings. The number of carbonyl (C=O) groups excluding carboxylic acids is 1. The van der Waals surface area contributed by atoms with Crippen molar-refractivity contribution < 1.29 is 19.0 Å². The molecule has 0 aliphatic heterocycles. The van der Waals surface area contributed by atoms with E-state index in [2.05, 4.69) is 26.0 Å². The lowest BCUT2D eigenvalue weighted by Gasteiger charge is -2.12. The third-order valence-electron chi connectivity index (χ3n) is 2.32. The van der Waals surface area contributed by atoms with Crippen LogP contribution in [0.3, 0.4) is 0 Å². The van der Waals surface area contributed by atoms with Gasteiger partial charge >= 0.3 is 5.97 Å². The second-order valence-corrected chi connectivity index (χ2v) is 4.35. The van der Waals surface area contributed by atoms with Gasteiger partial charge in [0.05, 0.1) is 32.3 Å². The van der Waals surface area contributed by atoms with Gasteiger partial charge in [0.1, 0.15) is 0 Å². The summed E-state index contributed by atoms with van der Waals surface area (Å²) >= 11 is 3.41. The largest absolute Gasteiger partial charge is 0.493 e. The molecule has 0 amide bonds. The van der Waals surface area contributed by atoms with Crippen LogP contribution in [0.25, 0.3) is 0 Å². The molecule has 0 atom stereocenters. The van der Waals surface area contributed by atoms with Crippen molar-refractivity contribution in [2.24, 2.45) is 0 Å². The Kier molecular flexibility index (Phi) is 5.94. The van der Waals surface area contributed by atoms with Crippen LogP contribution < -0.4 is 14.8 Å². The van der Waals surface area contributed by atoms with E-state index in [9.17, 15) is 4.79 Å². The molecule has 0 aromatic heterocycles. The van der Waals surface area contributed by atoms with Gasteiger partial charge < -0.3 is 19.5 Å². The van der Waals surface area contributed by atoms with Gasteiger partial charge in [-0.3, -0.25) is 4.79 Å². The second-order valence-electron chi connectivity index (χ2n) is 3.49. The fourth-order valence-corrected chi connectivity index (χ4v) is 2.11. The topological polar surface area (TPSA) is 56.8 Å². The van der Waals surface area contributed by atoms with Gasteiger partial charge in [-0.25, -0.2) is 0 Å². The van der Waals surface area contributed by atoms with Crippen molar-refractivity contribution in [3.05, 3.63) is 22.2 Å². The van der Waals surface area contributed by atoms with E-state index < -0.39 is 0 Å². The van der Waals surface area contributed by atoms with Crippen LogP contribution in [0.1, 0.15) is 5.56 Å². The van der Waals surface area contributed by atoms with Crippen molar-refractivity contribution >= 4 is 21.9 Å². The molecule has 0 spiro atoms. The Morgan fingerprint density at radius 2 is 2.00 bits per heavy atom. The van der Waals surface area contributed by atoms with Gasteiger partial charge in [0.25, 0.3) is 0 Å². The number of nitrogens with one attached hydrogen (secondary N) is 1. The number of carbonyl (C=O) groups is 1. The van der Waals surface area contributed by atoms with E-state index in [-0.39, 0.29) is 12.5 Å². The highest BCUT2D eigenvalue weighted by Gasteiger charge is 2.10. The monoisotopic (exact) mass is 317 g/mol. The number of rotatable bonds is 6. The summed E-state index contributed by atoms with van der Waals surface area (Å²) in [5, 5.41) is 2.98. The van der Waals surface area contributed by atoms with Gasteiger partial charge in [-0.1, -0.05) is 0 Å². The summed E-state index contributed by atoms with van der Waals surface area (Å²) in [6.45, 7) is 0.705. The maximum absolute atomic E-state index is 11.0. The zero-order valence-corrected chi connectivity index (χ0v) is 12.2. The normalized spacial score (nSPS) is 10.0. The average Bonchev–Trinajstić information content (AvgIpc) is 2.37. The third kappa shape index (κ3) is 3.89. The highest BCUT2D eigenvalue weighted by molar-refractivity contribution is 9.10. The molecule has 1 aromatic rings. The summed E-state index contributed by atoms with van der Waals surface area (Å²) in [4.78, 5) is 11.0. The molecule has 1 rings (SSSR count). The molecular formula is C12H16BrNO4. The molecule has 6 heteroatoms. The standard InChI is InChI=1S/C12H16BrNO4/c1-16-10-5-8(4-9(13)12(10)18-3)6-14-7-11(15)17-2/h4-5,14H,6-7H2,1-3H3. The minimum absolute atomic E-state index is 0.169. The van der Waals surface area contributed by atoms with Crippen molar-refractivity contribution in [2.75, 3.05) is 27.9 Å². The molecular weight excluding hydrogens is 302 g/mol. The maximum atomic E-state index is 11.0. The number of methoxy groups -OCH3 is 3. The van der Waals surface area contributed by atoms with Crippen LogP contribution in [-0.2, 0) is 16.1 Å². The smallest absolute Gasteiger partial charge is 0.319 e. The minimum Gasteiger partial charge on any atom is -0.493 e. The van der Waals surface area contributed by atoms with E-state index in [0.29, 0.717) is 18.0 Å². The lowest BCUT2D eigenvalue weighted by Crippen LogP contribution is -2.23. The molecule has 1 aromatic carbocycles. The molecule has 5 nitrogen and oxygen atoms in total. The summed E-state index contributed by atoms with van der Waals surface area (Å²) in [5.41, 5.74) is 0.975. The predicted molar refractivity (Wildman–Crippen MR) is 71.0 cm³/mol. The Bertz CT molecular complexity index is 423. The predicted octanol–water partition coefficient (Wildman–Crippen LogP) is 1.73. The molecule has 100 valence electrons. The Morgan fingerprint density at radius 1 is 1.28 bits per heavy atom. The Balaban J connectivity index is 2.72. The molecule has 1 N–H and O–H groups in total. The number of halogens is 1. The molecule has 18 heavy (non-hydrogen) atoms. The zero-order valence-electron chi connectivity index (χ0n) is 10.6. The Labute approximate surface area is 115 Å². The number of hydrogen-bond acceptors (Lipinski definition) is 5. The molecule has 0 aliphatic carbocycles. The first-order valence-corrected chi connectivity index (χ1v) is 6.09. The first kappa shape index (κ1) is 14.8. The van der Waals surface area contributed by atoms with E-state index in [1.807, 2.05) is 12.1 Å². The van der Waals surface area contributed by atoms with Crippen molar-refractivity contribution in [1.29, 1.82) is 0 Å². The molecule has 0 unspecified atom stereocenters. The highest BCUT2D eigenvalue weighted by atomic mass is 79.9. The Morgan fingerprint density at radius 3 is 2.56 bits per heavy atom. The van der Waals surface area contributed by atoms with Gasteiger partial charge in [-0.05, 0) is 33.6 Å².